The van der Waals surface area contributed by atoms with Crippen LogP contribution >= 0.6 is 0 Å². The summed E-state index contributed by atoms with van der Waals surface area (Å²) in [5.41, 5.74) is 0. The zero-order chi connectivity index (χ0) is 11.4. The number of amides is 2. The smallest absolute Gasteiger partial charge is 0.317 e. The lowest BCUT2D eigenvalue weighted by Gasteiger charge is -2.36. The molecule has 0 saturated heterocycles. The Morgan fingerprint density at radius 3 is 2.31 bits per heavy atom. The van der Waals surface area contributed by atoms with Crippen molar-refractivity contribution in [1.29, 1.82) is 0 Å². The monoisotopic (exact) mass is 224 g/mol. The van der Waals surface area contributed by atoms with E-state index in [1.165, 1.54) is 51.4 Å². The third-order valence-corrected chi connectivity index (χ3v) is 4.05. The van der Waals surface area contributed by atoms with E-state index in [0.717, 1.165) is 6.54 Å². The third kappa shape index (κ3) is 2.69. The van der Waals surface area contributed by atoms with Crippen LogP contribution in [-0.2, 0) is 0 Å². The van der Waals surface area contributed by atoms with E-state index in [9.17, 15) is 4.79 Å². The molecule has 0 unspecified atom stereocenters. The van der Waals surface area contributed by atoms with Gasteiger partial charge in [0, 0.05) is 18.6 Å². The second-order valence-corrected chi connectivity index (χ2v) is 5.16. The molecule has 0 radical (unpaired) electrons. The molecule has 0 bridgehead atoms. The first-order valence-electron chi connectivity index (χ1n) is 6.88. The molecule has 3 nitrogen and oxygen atoms in total. The van der Waals surface area contributed by atoms with Gasteiger partial charge >= 0.3 is 6.03 Å². The van der Waals surface area contributed by atoms with E-state index in [4.69, 9.17) is 0 Å². The SMILES string of the molecule is CCN(C(=O)NC1CCC1)C1CCCCC1. The van der Waals surface area contributed by atoms with Crippen LogP contribution in [0.1, 0.15) is 58.3 Å². The van der Waals surface area contributed by atoms with E-state index in [-0.39, 0.29) is 6.03 Å². The maximum Gasteiger partial charge on any atom is 0.317 e. The number of carbonyl (C=O) groups excluding carboxylic acids is 1. The summed E-state index contributed by atoms with van der Waals surface area (Å²) in [7, 11) is 0. The Labute approximate surface area is 98.6 Å². The molecule has 2 aliphatic carbocycles. The van der Waals surface area contributed by atoms with E-state index in [0.29, 0.717) is 12.1 Å². The van der Waals surface area contributed by atoms with Crippen LogP contribution in [0.15, 0.2) is 0 Å². The first-order chi connectivity index (χ1) is 7.81. The van der Waals surface area contributed by atoms with Crippen LogP contribution in [-0.4, -0.2) is 29.6 Å². The van der Waals surface area contributed by atoms with Crippen LogP contribution < -0.4 is 5.32 Å². The molecule has 0 aromatic carbocycles. The van der Waals surface area contributed by atoms with Gasteiger partial charge in [0.25, 0.3) is 0 Å². The number of nitrogens with one attached hydrogen (secondary N) is 1. The highest BCUT2D eigenvalue weighted by atomic mass is 16.2. The van der Waals surface area contributed by atoms with Crippen LogP contribution in [0.4, 0.5) is 4.79 Å². The number of rotatable bonds is 3. The zero-order valence-corrected chi connectivity index (χ0v) is 10.4. The summed E-state index contributed by atoms with van der Waals surface area (Å²) >= 11 is 0. The largest absolute Gasteiger partial charge is 0.335 e. The van der Waals surface area contributed by atoms with Gasteiger partial charge in [-0.05, 0) is 39.0 Å². The van der Waals surface area contributed by atoms with Gasteiger partial charge in [-0.1, -0.05) is 19.3 Å². The molecule has 2 rings (SSSR count). The Balaban J connectivity index is 1.83. The molecule has 0 atom stereocenters. The van der Waals surface area contributed by atoms with Crippen LogP contribution in [0.2, 0.25) is 0 Å². The Kier molecular flexibility index (Phi) is 4.08. The zero-order valence-electron chi connectivity index (χ0n) is 10.4. The first-order valence-corrected chi connectivity index (χ1v) is 6.88. The lowest BCUT2D eigenvalue weighted by Crippen LogP contribution is -2.51. The molecule has 3 heteroatoms. The molecule has 92 valence electrons. The predicted octanol–water partition coefficient (Wildman–Crippen LogP) is 2.90. The van der Waals surface area contributed by atoms with E-state index in [1.807, 2.05) is 0 Å². The Morgan fingerprint density at radius 2 is 1.81 bits per heavy atom. The van der Waals surface area contributed by atoms with Crippen LogP contribution in [0.25, 0.3) is 0 Å². The molecule has 0 spiro atoms. The average Bonchev–Trinajstić information content (AvgIpc) is 2.26. The fourth-order valence-corrected chi connectivity index (χ4v) is 2.77. The quantitative estimate of drug-likeness (QED) is 0.785. The predicted molar refractivity (Wildman–Crippen MR) is 65.4 cm³/mol. The van der Waals surface area contributed by atoms with Crippen molar-refractivity contribution in [3.8, 4) is 0 Å². The van der Waals surface area contributed by atoms with Gasteiger partial charge in [0.15, 0.2) is 0 Å². The molecule has 0 heterocycles. The standard InChI is InChI=1S/C13H24N2O/c1-2-15(12-9-4-3-5-10-12)13(16)14-11-7-6-8-11/h11-12H,2-10H2,1H3,(H,14,16). The van der Waals surface area contributed by atoms with Gasteiger partial charge in [0.05, 0.1) is 0 Å². The molecule has 2 saturated carbocycles. The summed E-state index contributed by atoms with van der Waals surface area (Å²) in [5, 5.41) is 3.15. The number of nitrogens with zero attached hydrogens (tertiary/aromatic N) is 1. The molecule has 0 aromatic heterocycles. The molecule has 2 fully saturated rings. The second-order valence-electron chi connectivity index (χ2n) is 5.16. The van der Waals surface area contributed by atoms with Crippen molar-refractivity contribution in [3.05, 3.63) is 0 Å². The summed E-state index contributed by atoms with van der Waals surface area (Å²) in [6, 6.07) is 1.14. The Hall–Kier alpha value is -0.730. The minimum absolute atomic E-state index is 0.180. The van der Waals surface area contributed by atoms with Crippen molar-refractivity contribution in [2.45, 2.75) is 70.4 Å². The molecular formula is C13H24N2O. The number of hydrogen-bond acceptors (Lipinski definition) is 1. The maximum atomic E-state index is 12.1. The molecular weight excluding hydrogens is 200 g/mol. The normalized spacial score (nSPS) is 22.6. The highest BCUT2D eigenvalue weighted by molar-refractivity contribution is 5.75. The highest BCUT2D eigenvalue weighted by Gasteiger charge is 2.27. The summed E-state index contributed by atoms with van der Waals surface area (Å²) < 4.78 is 0. The number of hydrogen-bond donors (Lipinski definition) is 1. The molecule has 0 aliphatic heterocycles. The summed E-state index contributed by atoms with van der Waals surface area (Å²) in [6.07, 6.45) is 9.95. The number of urea groups is 1. The minimum atomic E-state index is 0.180. The van der Waals surface area contributed by atoms with Gasteiger partial charge in [0.2, 0.25) is 0 Å². The van der Waals surface area contributed by atoms with Crippen molar-refractivity contribution in [1.82, 2.24) is 10.2 Å². The van der Waals surface area contributed by atoms with Crippen molar-refractivity contribution in [3.63, 3.8) is 0 Å². The molecule has 1 N–H and O–H groups in total. The molecule has 0 aromatic rings. The highest BCUT2D eigenvalue weighted by Crippen LogP contribution is 2.23. The maximum absolute atomic E-state index is 12.1. The van der Waals surface area contributed by atoms with Crippen molar-refractivity contribution in [2.75, 3.05) is 6.54 Å². The van der Waals surface area contributed by atoms with Crippen molar-refractivity contribution in [2.24, 2.45) is 0 Å². The van der Waals surface area contributed by atoms with Gasteiger partial charge in [0.1, 0.15) is 0 Å². The molecule has 2 amide bonds. The van der Waals surface area contributed by atoms with Gasteiger partial charge < -0.3 is 10.2 Å². The van der Waals surface area contributed by atoms with Gasteiger partial charge in [-0.25, -0.2) is 4.79 Å². The molecule has 16 heavy (non-hydrogen) atoms. The Morgan fingerprint density at radius 1 is 1.12 bits per heavy atom. The first kappa shape index (κ1) is 11.7. The van der Waals surface area contributed by atoms with Crippen LogP contribution in [0, 0.1) is 0 Å². The minimum Gasteiger partial charge on any atom is -0.335 e. The lowest BCUT2D eigenvalue weighted by atomic mass is 9.92. The summed E-state index contributed by atoms with van der Waals surface area (Å²) in [5.74, 6) is 0. The summed E-state index contributed by atoms with van der Waals surface area (Å²) in [6.45, 7) is 2.94. The van der Waals surface area contributed by atoms with Gasteiger partial charge in [-0.2, -0.15) is 0 Å². The van der Waals surface area contributed by atoms with Crippen molar-refractivity contribution < 1.29 is 4.79 Å². The van der Waals surface area contributed by atoms with Crippen LogP contribution in [0.3, 0.4) is 0 Å². The molecule has 2 aliphatic rings. The van der Waals surface area contributed by atoms with Crippen LogP contribution in [0.5, 0.6) is 0 Å². The number of carbonyl (C=O) groups is 1. The third-order valence-electron chi connectivity index (χ3n) is 4.05. The Bertz CT molecular complexity index is 232. The van der Waals surface area contributed by atoms with Crippen molar-refractivity contribution >= 4 is 6.03 Å². The van der Waals surface area contributed by atoms with E-state index in [1.54, 1.807) is 0 Å². The lowest BCUT2D eigenvalue weighted by molar-refractivity contribution is 0.151. The van der Waals surface area contributed by atoms with E-state index < -0.39 is 0 Å². The average molecular weight is 224 g/mol. The van der Waals surface area contributed by atoms with Gasteiger partial charge in [-0.3, -0.25) is 0 Å². The van der Waals surface area contributed by atoms with Gasteiger partial charge in [-0.15, -0.1) is 0 Å². The van der Waals surface area contributed by atoms with E-state index in [2.05, 4.69) is 17.1 Å². The second kappa shape index (κ2) is 5.55. The van der Waals surface area contributed by atoms with E-state index >= 15 is 0 Å². The topological polar surface area (TPSA) is 32.3 Å². The fourth-order valence-electron chi connectivity index (χ4n) is 2.77. The fraction of sp³-hybridized carbons (Fsp3) is 0.923. The summed E-state index contributed by atoms with van der Waals surface area (Å²) in [4.78, 5) is 14.1.